The third kappa shape index (κ3) is 2.36. The predicted molar refractivity (Wildman–Crippen MR) is 55.0 cm³/mol. The summed E-state index contributed by atoms with van der Waals surface area (Å²) >= 11 is 0. The van der Waals surface area contributed by atoms with E-state index in [1.807, 2.05) is 12.1 Å². The first-order valence-corrected chi connectivity index (χ1v) is 4.42. The first-order chi connectivity index (χ1) is 6.31. The lowest BCUT2D eigenvalue weighted by atomic mass is 10.1. The molecule has 0 aliphatic heterocycles. The highest BCUT2D eigenvalue weighted by Gasteiger charge is 2.00. The number of nitrogens with one attached hydrogen (secondary N) is 1. The van der Waals surface area contributed by atoms with Crippen LogP contribution in [-0.4, -0.2) is 13.8 Å². The summed E-state index contributed by atoms with van der Waals surface area (Å²) in [5, 5.41) is 3.06. The Morgan fingerprint density at radius 3 is 2.77 bits per heavy atom. The molecule has 0 amide bonds. The summed E-state index contributed by atoms with van der Waals surface area (Å²) in [6.07, 6.45) is 0.962. The molecule has 0 unspecified atom stereocenters. The van der Waals surface area contributed by atoms with E-state index >= 15 is 0 Å². The average Bonchev–Trinajstić information content (AvgIpc) is 2.18. The van der Waals surface area contributed by atoms with E-state index in [4.69, 9.17) is 10.5 Å². The third-order valence-electron chi connectivity index (χ3n) is 1.97. The molecule has 72 valence electrons. The topological polar surface area (TPSA) is 47.3 Å². The maximum Gasteiger partial charge on any atom is 0.122 e. The summed E-state index contributed by atoms with van der Waals surface area (Å²) in [7, 11) is 1.69. The fraction of sp³-hybridized carbons (Fsp3) is 0.400. The Hall–Kier alpha value is -1.22. The van der Waals surface area contributed by atoms with Crippen LogP contribution in [0.15, 0.2) is 18.2 Å². The van der Waals surface area contributed by atoms with E-state index in [1.54, 1.807) is 7.11 Å². The first-order valence-electron chi connectivity index (χ1n) is 4.42. The van der Waals surface area contributed by atoms with Gasteiger partial charge in [-0.05, 0) is 30.2 Å². The molecule has 0 aliphatic rings. The van der Waals surface area contributed by atoms with Crippen molar-refractivity contribution in [2.75, 3.05) is 19.1 Å². The van der Waals surface area contributed by atoms with E-state index in [9.17, 15) is 0 Å². The number of hydrogen-bond acceptors (Lipinski definition) is 3. The van der Waals surface area contributed by atoms with E-state index < -0.39 is 0 Å². The van der Waals surface area contributed by atoms with Gasteiger partial charge in [-0.3, -0.25) is 0 Å². The molecular formula is C10H16N2O. The Bertz CT molecular complexity index is 274. The predicted octanol–water partition coefficient (Wildman–Crippen LogP) is 1.59. The van der Waals surface area contributed by atoms with E-state index in [0.29, 0.717) is 6.67 Å². The van der Waals surface area contributed by atoms with Crippen molar-refractivity contribution in [2.24, 2.45) is 5.73 Å². The Labute approximate surface area is 78.9 Å². The molecule has 0 radical (unpaired) electrons. The second kappa shape index (κ2) is 4.72. The second-order valence-corrected chi connectivity index (χ2v) is 2.76. The molecule has 3 heteroatoms. The Morgan fingerprint density at radius 2 is 2.23 bits per heavy atom. The summed E-state index contributed by atoms with van der Waals surface area (Å²) in [5.41, 5.74) is 7.62. The van der Waals surface area contributed by atoms with Gasteiger partial charge in [-0.2, -0.15) is 0 Å². The molecule has 0 saturated carbocycles. The Balaban J connectivity index is 2.91. The quantitative estimate of drug-likeness (QED) is 0.692. The highest BCUT2D eigenvalue weighted by atomic mass is 16.5. The van der Waals surface area contributed by atoms with Gasteiger partial charge in [-0.25, -0.2) is 0 Å². The SMILES string of the molecule is CCc1cc(NCN)ccc1OC. The van der Waals surface area contributed by atoms with Crippen LogP contribution in [0.1, 0.15) is 12.5 Å². The first kappa shape index (κ1) is 9.86. The van der Waals surface area contributed by atoms with Crippen LogP contribution in [0.25, 0.3) is 0 Å². The van der Waals surface area contributed by atoms with Gasteiger partial charge >= 0.3 is 0 Å². The van der Waals surface area contributed by atoms with E-state index in [2.05, 4.69) is 18.3 Å². The van der Waals surface area contributed by atoms with Crippen LogP contribution in [0, 0.1) is 0 Å². The van der Waals surface area contributed by atoms with E-state index in [0.717, 1.165) is 17.9 Å². The lowest BCUT2D eigenvalue weighted by Gasteiger charge is -2.09. The maximum atomic E-state index is 5.38. The minimum atomic E-state index is 0.454. The van der Waals surface area contributed by atoms with Gasteiger partial charge in [0.15, 0.2) is 0 Å². The van der Waals surface area contributed by atoms with Crippen LogP contribution in [0.4, 0.5) is 5.69 Å². The minimum absolute atomic E-state index is 0.454. The van der Waals surface area contributed by atoms with Crippen LogP contribution in [0.5, 0.6) is 5.75 Å². The molecule has 0 heterocycles. The molecule has 13 heavy (non-hydrogen) atoms. The highest BCUT2D eigenvalue weighted by molar-refractivity contribution is 5.51. The molecule has 1 aromatic rings. The summed E-state index contributed by atoms with van der Waals surface area (Å²) in [4.78, 5) is 0. The van der Waals surface area contributed by atoms with E-state index in [1.165, 1.54) is 5.56 Å². The number of benzene rings is 1. The lowest BCUT2D eigenvalue weighted by Crippen LogP contribution is -2.10. The smallest absolute Gasteiger partial charge is 0.122 e. The monoisotopic (exact) mass is 180 g/mol. The zero-order valence-corrected chi connectivity index (χ0v) is 8.13. The fourth-order valence-electron chi connectivity index (χ4n) is 1.28. The van der Waals surface area contributed by atoms with Crippen LogP contribution in [0.3, 0.4) is 0 Å². The van der Waals surface area contributed by atoms with E-state index in [-0.39, 0.29) is 0 Å². The van der Waals surface area contributed by atoms with Gasteiger partial charge < -0.3 is 15.8 Å². The standard InChI is InChI=1S/C10H16N2O/c1-3-8-6-9(12-7-11)4-5-10(8)13-2/h4-6,12H,3,7,11H2,1-2H3. The van der Waals surface area contributed by atoms with Gasteiger partial charge in [0, 0.05) is 5.69 Å². The maximum absolute atomic E-state index is 5.38. The largest absolute Gasteiger partial charge is 0.496 e. The summed E-state index contributed by atoms with van der Waals surface area (Å²) in [6, 6.07) is 5.98. The molecule has 0 bridgehead atoms. The fourth-order valence-corrected chi connectivity index (χ4v) is 1.28. The Kier molecular flexibility index (Phi) is 3.58. The van der Waals surface area contributed by atoms with Crippen LogP contribution in [-0.2, 0) is 6.42 Å². The molecular weight excluding hydrogens is 164 g/mol. The van der Waals surface area contributed by atoms with Crippen molar-refractivity contribution in [2.45, 2.75) is 13.3 Å². The number of anilines is 1. The summed E-state index contributed by atoms with van der Waals surface area (Å²) in [6.45, 7) is 2.56. The van der Waals surface area contributed by atoms with Crippen LogP contribution in [0.2, 0.25) is 0 Å². The molecule has 3 nitrogen and oxygen atoms in total. The van der Waals surface area contributed by atoms with Gasteiger partial charge in [0.25, 0.3) is 0 Å². The molecule has 0 aromatic heterocycles. The molecule has 1 aromatic carbocycles. The molecule has 0 fully saturated rings. The normalized spacial score (nSPS) is 9.77. The molecule has 1 rings (SSSR count). The Morgan fingerprint density at radius 1 is 1.46 bits per heavy atom. The van der Waals surface area contributed by atoms with Crippen molar-refractivity contribution in [3.8, 4) is 5.75 Å². The van der Waals surface area contributed by atoms with Crippen molar-refractivity contribution in [3.05, 3.63) is 23.8 Å². The van der Waals surface area contributed by atoms with Crippen LogP contribution < -0.4 is 15.8 Å². The van der Waals surface area contributed by atoms with Crippen molar-refractivity contribution < 1.29 is 4.74 Å². The number of hydrogen-bond donors (Lipinski definition) is 2. The summed E-state index contributed by atoms with van der Waals surface area (Å²) in [5.74, 6) is 0.935. The molecule has 0 atom stereocenters. The lowest BCUT2D eigenvalue weighted by molar-refractivity contribution is 0.410. The highest BCUT2D eigenvalue weighted by Crippen LogP contribution is 2.22. The van der Waals surface area contributed by atoms with Crippen molar-refractivity contribution in [1.29, 1.82) is 0 Å². The van der Waals surface area contributed by atoms with Gasteiger partial charge in [0.1, 0.15) is 5.75 Å². The molecule has 0 aliphatic carbocycles. The third-order valence-corrected chi connectivity index (χ3v) is 1.97. The second-order valence-electron chi connectivity index (χ2n) is 2.76. The molecule has 3 N–H and O–H groups in total. The van der Waals surface area contributed by atoms with Crippen molar-refractivity contribution in [1.82, 2.24) is 0 Å². The number of ether oxygens (including phenoxy) is 1. The number of aryl methyl sites for hydroxylation is 1. The zero-order valence-electron chi connectivity index (χ0n) is 8.13. The van der Waals surface area contributed by atoms with Gasteiger partial charge in [0.05, 0.1) is 13.8 Å². The van der Waals surface area contributed by atoms with Crippen molar-refractivity contribution >= 4 is 5.69 Å². The molecule has 0 saturated heterocycles. The zero-order chi connectivity index (χ0) is 9.68. The van der Waals surface area contributed by atoms with Gasteiger partial charge in [0.2, 0.25) is 0 Å². The van der Waals surface area contributed by atoms with Crippen molar-refractivity contribution in [3.63, 3.8) is 0 Å². The minimum Gasteiger partial charge on any atom is -0.496 e. The summed E-state index contributed by atoms with van der Waals surface area (Å²) < 4.78 is 5.21. The average molecular weight is 180 g/mol. The number of rotatable bonds is 4. The number of methoxy groups -OCH3 is 1. The number of nitrogens with two attached hydrogens (primary N) is 1. The van der Waals surface area contributed by atoms with Gasteiger partial charge in [-0.1, -0.05) is 6.92 Å². The molecule has 0 spiro atoms. The van der Waals surface area contributed by atoms with Gasteiger partial charge in [-0.15, -0.1) is 0 Å². The van der Waals surface area contributed by atoms with Crippen LogP contribution >= 0.6 is 0 Å².